The lowest BCUT2D eigenvalue weighted by Crippen LogP contribution is -2.02. The fraction of sp³-hybridized carbons (Fsp3) is 0. The van der Waals surface area contributed by atoms with Crippen molar-refractivity contribution in [2.24, 2.45) is 4.99 Å². The molecule has 0 aliphatic carbocycles. The van der Waals surface area contributed by atoms with Gasteiger partial charge in [-0.1, -0.05) is 24.3 Å². The second-order valence-electron chi connectivity index (χ2n) is 4.04. The molecule has 0 spiro atoms. The van der Waals surface area contributed by atoms with Crippen molar-refractivity contribution < 1.29 is 9.21 Å². The number of aromatic nitrogens is 1. The van der Waals surface area contributed by atoms with Gasteiger partial charge in [-0.25, -0.2) is 14.6 Å². The predicted molar refractivity (Wildman–Crippen MR) is 73.5 cm³/mol. The van der Waals surface area contributed by atoms with Crippen LogP contribution in [-0.4, -0.2) is 11.1 Å². The molecule has 1 aromatic heterocycles. The number of benzene rings is 2. The number of fused-ring (bicyclic) bond motifs is 1. The van der Waals surface area contributed by atoms with E-state index in [4.69, 9.17) is 4.42 Å². The third kappa shape index (κ3) is 2.02. The largest absolute Gasteiger partial charge is 0.403 e. The Hall–Kier alpha value is -3.04. The van der Waals surface area contributed by atoms with E-state index in [1.807, 2.05) is 0 Å². The van der Waals surface area contributed by atoms with Crippen molar-refractivity contribution in [2.45, 2.75) is 0 Å². The van der Waals surface area contributed by atoms with Crippen LogP contribution in [0.15, 0.2) is 62.7 Å². The topological polar surface area (TPSA) is 72.5 Å². The fourth-order valence-electron chi connectivity index (χ4n) is 1.94. The molecule has 0 aliphatic heterocycles. The van der Waals surface area contributed by atoms with Crippen LogP contribution in [0.2, 0.25) is 0 Å². The molecule has 0 bridgehead atoms. The van der Waals surface area contributed by atoms with Crippen LogP contribution < -0.4 is 5.63 Å². The van der Waals surface area contributed by atoms with Crippen LogP contribution in [0.1, 0.15) is 0 Å². The minimum absolute atomic E-state index is 0.128. The summed E-state index contributed by atoms with van der Waals surface area (Å²) in [5, 5.41) is 0.410. The van der Waals surface area contributed by atoms with E-state index >= 15 is 0 Å². The van der Waals surface area contributed by atoms with Gasteiger partial charge >= 0.3 is 5.63 Å². The van der Waals surface area contributed by atoms with Gasteiger partial charge in [0.1, 0.15) is 0 Å². The summed E-state index contributed by atoms with van der Waals surface area (Å²) in [6.07, 6.45) is 1.47. The average molecular weight is 264 g/mol. The highest BCUT2D eigenvalue weighted by atomic mass is 16.4. The molecule has 0 saturated heterocycles. The molecule has 5 heteroatoms. The first kappa shape index (κ1) is 12.0. The molecule has 5 nitrogen and oxygen atoms in total. The maximum absolute atomic E-state index is 11.9. The molecule has 0 saturated carbocycles. The van der Waals surface area contributed by atoms with Gasteiger partial charge < -0.3 is 4.42 Å². The maximum atomic E-state index is 11.9. The van der Waals surface area contributed by atoms with Gasteiger partial charge in [0, 0.05) is 0 Å². The summed E-state index contributed by atoms with van der Waals surface area (Å²) in [6, 6.07) is 13.7. The van der Waals surface area contributed by atoms with Crippen molar-refractivity contribution in [3.05, 3.63) is 59.0 Å². The first-order valence-electron chi connectivity index (χ1n) is 5.87. The highest BCUT2D eigenvalue weighted by molar-refractivity contribution is 5.80. The van der Waals surface area contributed by atoms with Gasteiger partial charge in [-0.05, 0) is 24.3 Å². The predicted octanol–water partition coefficient (Wildman–Crippen LogP) is 2.82. The molecule has 20 heavy (non-hydrogen) atoms. The number of aliphatic imine (C=N–C) groups is 1. The zero-order chi connectivity index (χ0) is 13.9. The van der Waals surface area contributed by atoms with Crippen molar-refractivity contribution >= 4 is 22.7 Å². The molecule has 1 heterocycles. The third-order valence-electron chi connectivity index (χ3n) is 2.84. The van der Waals surface area contributed by atoms with Crippen LogP contribution in [0.5, 0.6) is 0 Å². The van der Waals surface area contributed by atoms with E-state index in [0.29, 0.717) is 22.2 Å². The summed E-state index contributed by atoms with van der Waals surface area (Å²) in [4.78, 5) is 30.2. The standard InChI is InChI=1S/C15H8N2O3/c18-9-16-12-7-3-1-5-10(12)14-17-13-8-4-2-6-11(13)15(19)20-14/h1-8H. The van der Waals surface area contributed by atoms with E-state index in [1.54, 1.807) is 48.5 Å². The Kier molecular flexibility index (Phi) is 2.95. The van der Waals surface area contributed by atoms with Crippen molar-refractivity contribution in [3.63, 3.8) is 0 Å². The first-order chi connectivity index (χ1) is 9.79. The van der Waals surface area contributed by atoms with E-state index in [0.717, 1.165) is 0 Å². The molecule has 0 atom stereocenters. The Bertz CT molecular complexity index is 893. The van der Waals surface area contributed by atoms with E-state index in [1.165, 1.54) is 6.08 Å². The third-order valence-corrected chi connectivity index (χ3v) is 2.84. The fourth-order valence-corrected chi connectivity index (χ4v) is 1.94. The number of isocyanates is 1. The highest BCUT2D eigenvalue weighted by Crippen LogP contribution is 2.28. The highest BCUT2D eigenvalue weighted by Gasteiger charge is 2.11. The number of para-hydroxylation sites is 2. The molecular formula is C15H8N2O3. The second-order valence-corrected chi connectivity index (χ2v) is 4.04. The molecule has 3 aromatic rings. The van der Waals surface area contributed by atoms with E-state index < -0.39 is 5.63 Å². The lowest BCUT2D eigenvalue weighted by atomic mass is 10.1. The molecule has 0 amide bonds. The van der Waals surface area contributed by atoms with Gasteiger partial charge in [0.2, 0.25) is 12.0 Å². The molecule has 0 fully saturated rings. The number of carbonyl (C=O) groups excluding carboxylic acids is 1. The van der Waals surface area contributed by atoms with Crippen LogP contribution in [0, 0.1) is 0 Å². The number of rotatable bonds is 2. The number of hydrogen-bond acceptors (Lipinski definition) is 5. The van der Waals surface area contributed by atoms with Crippen molar-refractivity contribution in [1.29, 1.82) is 0 Å². The van der Waals surface area contributed by atoms with Gasteiger partial charge in [0.15, 0.2) is 0 Å². The number of nitrogens with zero attached hydrogens (tertiary/aromatic N) is 2. The lowest BCUT2D eigenvalue weighted by molar-refractivity contribution is 0.518. The Labute approximate surface area is 113 Å². The summed E-state index contributed by atoms with van der Waals surface area (Å²) in [5.41, 5.74) is 0.881. The molecule has 2 aromatic carbocycles. The molecule has 0 radical (unpaired) electrons. The Morgan fingerprint density at radius 3 is 2.65 bits per heavy atom. The summed E-state index contributed by atoms with van der Waals surface area (Å²) in [5.74, 6) is 0.128. The van der Waals surface area contributed by atoms with Gasteiger partial charge in [-0.15, -0.1) is 0 Å². The molecule has 0 N–H and O–H groups in total. The summed E-state index contributed by atoms with van der Waals surface area (Å²) < 4.78 is 5.21. The molecule has 0 aliphatic rings. The van der Waals surface area contributed by atoms with E-state index in [9.17, 15) is 9.59 Å². The minimum atomic E-state index is -0.476. The summed E-state index contributed by atoms with van der Waals surface area (Å²) >= 11 is 0. The lowest BCUT2D eigenvalue weighted by Gasteiger charge is -2.03. The van der Waals surface area contributed by atoms with Crippen LogP contribution in [-0.2, 0) is 4.79 Å². The SMILES string of the molecule is O=C=Nc1ccccc1-c1nc2ccccc2c(=O)o1. The Morgan fingerprint density at radius 2 is 1.80 bits per heavy atom. The van der Waals surface area contributed by atoms with Crippen LogP contribution >= 0.6 is 0 Å². The van der Waals surface area contributed by atoms with Crippen LogP contribution in [0.25, 0.3) is 22.4 Å². The molecule has 3 rings (SSSR count). The minimum Gasteiger partial charge on any atom is -0.403 e. The normalized spacial score (nSPS) is 10.2. The smallest absolute Gasteiger partial charge is 0.347 e. The quantitative estimate of drug-likeness (QED) is 0.527. The zero-order valence-corrected chi connectivity index (χ0v) is 10.2. The van der Waals surface area contributed by atoms with E-state index in [-0.39, 0.29) is 5.89 Å². The Morgan fingerprint density at radius 1 is 1.05 bits per heavy atom. The van der Waals surface area contributed by atoms with E-state index in [2.05, 4.69) is 9.98 Å². The maximum Gasteiger partial charge on any atom is 0.347 e. The van der Waals surface area contributed by atoms with Gasteiger partial charge in [0.05, 0.1) is 22.2 Å². The van der Waals surface area contributed by atoms with Gasteiger partial charge in [-0.3, -0.25) is 0 Å². The molecular weight excluding hydrogens is 256 g/mol. The van der Waals surface area contributed by atoms with Crippen LogP contribution in [0.4, 0.5) is 5.69 Å². The van der Waals surface area contributed by atoms with Crippen LogP contribution in [0.3, 0.4) is 0 Å². The van der Waals surface area contributed by atoms with Crippen molar-refractivity contribution in [2.75, 3.05) is 0 Å². The zero-order valence-electron chi connectivity index (χ0n) is 10.2. The second kappa shape index (κ2) is 4.91. The molecule has 96 valence electrons. The summed E-state index contributed by atoms with van der Waals surface area (Å²) in [6.45, 7) is 0. The number of hydrogen-bond donors (Lipinski definition) is 0. The van der Waals surface area contributed by atoms with Gasteiger partial charge in [-0.2, -0.15) is 4.99 Å². The molecule has 0 unspecified atom stereocenters. The summed E-state index contributed by atoms with van der Waals surface area (Å²) in [7, 11) is 0. The van der Waals surface area contributed by atoms with Crippen molar-refractivity contribution in [3.8, 4) is 11.5 Å². The van der Waals surface area contributed by atoms with Crippen molar-refractivity contribution in [1.82, 2.24) is 4.98 Å². The monoisotopic (exact) mass is 264 g/mol. The van der Waals surface area contributed by atoms with Gasteiger partial charge in [0.25, 0.3) is 0 Å². The Balaban J connectivity index is 2.31. The average Bonchev–Trinajstić information content (AvgIpc) is 2.48. The first-order valence-corrected chi connectivity index (χ1v) is 5.87.